The van der Waals surface area contributed by atoms with E-state index in [-0.39, 0.29) is 6.04 Å². The molecule has 96 valence electrons. The molecule has 0 saturated carbocycles. The number of aliphatic hydroxyl groups is 2. The third-order valence-corrected chi connectivity index (χ3v) is 3.89. The highest BCUT2D eigenvalue weighted by Gasteiger charge is 2.51. The van der Waals surface area contributed by atoms with Crippen molar-refractivity contribution in [1.82, 2.24) is 4.90 Å². The number of likely N-dealkylation sites (tertiary alicyclic amines) is 1. The predicted octanol–water partition coefficient (Wildman–Crippen LogP) is 1.18. The molecule has 3 nitrogen and oxygen atoms in total. The first kappa shape index (κ1) is 13.1. The van der Waals surface area contributed by atoms with Crippen LogP contribution in [0.15, 0.2) is 30.3 Å². The van der Waals surface area contributed by atoms with Gasteiger partial charge in [0.25, 0.3) is 0 Å². The Bertz CT molecular complexity index is 463. The Labute approximate surface area is 108 Å². The van der Waals surface area contributed by atoms with Crippen molar-refractivity contribution in [2.45, 2.75) is 30.6 Å². The monoisotopic (exact) mass is 245 g/mol. The van der Waals surface area contributed by atoms with Crippen LogP contribution in [-0.2, 0) is 0 Å². The Morgan fingerprint density at radius 1 is 1.33 bits per heavy atom. The summed E-state index contributed by atoms with van der Waals surface area (Å²) in [6.45, 7) is 1.93. The largest absolute Gasteiger partial charge is 0.385 e. The summed E-state index contributed by atoms with van der Waals surface area (Å²) in [7, 11) is 1.93. The SMILES string of the molecule is C#CC1(O)CC(c2ccccc2)N(C)CC1(C)O. The normalized spacial score (nSPS) is 37.2. The van der Waals surface area contributed by atoms with E-state index in [1.165, 1.54) is 0 Å². The number of piperidine rings is 1. The Morgan fingerprint density at radius 3 is 2.50 bits per heavy atom. The number of nitrogens with zero attached hydrogens (tertiary/aromatic N) is 1. The molecular weight excluding hydrogens is 226 g/mol. The maximum Gasteiger partial charge on any atom is 0.156 e. The van der Waals surface area contributed by atoms with Crippen LogP contribution in [0.25, 0.3) is 0 Å². The van der Waals surface area contributed by atoms with E-state index >= 15 is 0 Å². The second-order valence-electron chi connectivity index (χ2n) is 5.32. The Balaban J connectivity index is 2.34. The summed E-state index contributed by atoms with van der Waals surface area (Å²) in [5.74, 6) is 2.37. The van der Waals surface area contributed by atoms with Gasteiger partial charge in [-0.25, -0.2) is 0 Å². The van der Waals surface area contributed by atoms with E-state index in [0.717, 1.165) is 5.56 Å². The number of hydrogen-bond donors (Lipinski definition) is 2. The molecule has 3 unspecified atom stereocenters. The molecule has 3 heteroatoms. The van der Waals surface area contributed by atoms with Gasteiger partial charge in [-0.05, 0) is 19.5 Å². The Morgan fingerprint density at radius 2 is 1.94 bits per heavy atom. The fourth-order valence-corrected chi connectivity index (χ4v) is 2.64. The first-order valence-corrected chi connectivity index (χ1v) is 6.07. The van der Waals surface area contributed by atoms with Gasteiger partial charge < -0.3 is 10.2 Å². The minimum atomic E-state index is -1.49. The van der Waals surface area contributed by atoms with Crippen LogP contribution < -0.4 is 0 Å². The van der Waals surface area contributed by atoms with Crippen molar-refractivity contribution in [2.75, 3.05) is 13.6 Å². The van der Waals surface area contributed by atoms with Gasteiger partial charge in [-0.2, -0.15) is 0 Å². The number of rotatable bonds is 1. The van der Waals surface area contributed by atoms with Crippen LogP contribution in [0.5, 0.6) is 0 Å². The molecule has 0 radical (unpaired) electrons. The highest BCUT2D eigenvalue weighted by atomic mass is 16.4. The van der Waals surface area contributed by atoms with E-state index in [1.54, 1.807) is 6.92 Å². The number of likely N-dealkylation sites (N-methyl/N-ethyl adjacent to an activating group) is 1. The van der Waals surface area contributed by atoms with E-state index in [0.29, 0.717) is 13.0 Å². The van der Waals surface area contributed by atoms with Crippen molar-refractivity contribution < 1.29 is 10.2 Å². The first-order chi connectivity index (χ1) is 8.39. The third-order valence-electron chi connectivity index (χ3n) is 3.89. The third kappa shape index (κ3) is 2.04. The molecule has 1 aliphatic rings. The summed E-state index contributed by atoms with van der Waals surface area (Å²) >= 11 is 0. The maximum atomic E-state index is 10.4. The van der Waals surface area contributed by atoms with Crippen molar-refractivity contribution in [3.8, 4) is 12.3 Å². The van der Waals surface area contributed by atoms with E-state index in [4.69, 9.17) is 6.42 Å². The van der Waals surface area contributed by atoms with Gasteiger partial charge in [0.1, 0.15) is 5.60 Å². The lowest BCUT2D eigenvalue weighted by molar-refractivity contribution is -0.159. The van der Waals surface area contributed by atoms with Crippen molar-refractivity contribution in [3.05, 3.63) is 35.9 Å². The lowest BCUT2D eigenvalue weighted by atomic mass is 9.74. The predicted molar refractivity (Wildman–Crippen MR) is 70.8 cm³/mol. The second kappa shape index (κ2) is 4.40. The molecule has 0 bridgehead atoms. The Kier molecular flexibility index (Phi) is 3.20. The zero-order chi connectivity index (χ0) is 13.4. The molecule has 18 heavy (non-hydrogen) atoms. The molecular formula is C15H19NO2. The molecule has 1 saturated heterocycles. The topological polar surface area (TPSA) is 43.7 Å². The minimum absolute atomic E-state index is 0.0208. The summed E-state index contributed by atoms with van der Waals surface area (Å²) in [6.07, 6.45) is 5.75. The second-order valence-corrected chi connectivity index (χ2v) is 5.32. The molecule has 1 aromatic carbocycles. The van der Waals surface area contributed by atoms with Gasteiger partial charge in [0.05, 0.1) is 0 Å². The molecule has 1 aliphatic heterocycles. The van der Waals surface area contributed by atoms with Crippen LogP contribution in [0.3, 0.4) is 0 Å². The lowest BCUT2D eigenvalue weighted by Gasteiger charge is -2.49. The summed E-state index contributed by atoms with van der Waals surface area (Å²) in [5, 5.41) is 20.7. The quantitative estimate of drug-likeness (QED) is 0.730. The van der Waals surface area contributed by atoms with Crippen LogP contribution >= 0.6 is 0 Å². The minimum Gasteiger partial charge on any atom is -0.385 e. The van der Waals surface area contributed by atoms with Crippen LogP contribution in [-0.4, -0.2) is 39.9 Å². The zero-order valence-electron chi connectivity index (χ0n) is 10.8. The van der Waals surface area contributed by atoms with Gasteiger partial charge in [-0.1, -0.05) is 36.3 Å². The lowest BCUT2D eigenvalue weighted by Crippen LogP contribution is -2.62. The van der Waals surface area contributed by atoms with Gasteiger partial charge in [0, 0.05) is 19.0 Å². The summed E-state index contributed by atoms with van der Waals surface area (Å²) in [5.41, 5.74) is -1.67. The molecule has 0 aliphatic carbocycles. The van der Waals surface area contributed by atoms with Crippen molar-refractivity contribution in [3.63, 3.8) is 0 Å². The molecule has 2 rings (SSSR count). The van der Waals surface area contributed by atoms with Crippen LogP contribution in [0, 0.1) is 12.3 Å². The van der Waals surface area contributed by atoms with Crippen molar-refractivity contribution >= 4 is 0 Å². The highest BCUT2D eigenvalue weighted by molar-refractivity contribution is 5.27. The molecule has 0 spiro atoms. The molecule has 0 amide bonds. The maximum absolute atomic E-state index is 10.4. The number of hydrogen-bond acceptors (Lipinski definition) is 3. The van der Waals surface area contributed by atoms with Gasteiger partial charge >= 0.3 is 0 Å². The molecule has 3 atom stereocenters. The average Bonchev–Trinajstić information content (AvgIpc) is 2.34. The van der Waals surface area contributed by atoms with Crippen LogP contribution in [0.1, 0.15) is 24.9 Å². The molecule has 1 heterocycles. The standard InChI is InChI=1S/C15H19NO2/c1-4-15(18)10-13(12-8-6-5-7-9-12)16(3)11-14(15,2)17/h1,5-9,13,17-18H,10-11H2,2-3H3. The summed E-state index contributed by atoms with van der Waals surface area (Å²) in [4.78, 5) is 2.03. The molecule has 1 fully saturated rings. The highest BCUT2D eigenvalue weighted by Crippen LogP contribution is 2.40. The fourth-order valence-electron chi connectivity index (χ4n) is 2.64. The van der Waals surface area contributed by atoms with E-state index in [9.17, 15) is 10.2 Å². The van der Waals surface area contributed by atoms with Gasteiger partial charge in [-0.3, -0.25) is 4.90 Å². The Hall–Kier alpha value is -1.34. The van der Waals surface area contributed by atoms with E-state index in [2.05, 4.69) is 5.92 Å². The van der Waals surface area contributed by atoms with Gasteiger partial charge in [0.2, 0.25) is 0 Å². The van der Waals surface area contributed by atoms with Crippen LogP contribution in [0.4, 0.5) is 0 Å². The molecule has 2 N–H and O–H groups in total. The number of terminal acetylenes is 1. The van der Waals surface area contributed by atoms with Gasteiger partial charge in [0.15, 0.2) is 5.60 Å². The number of benzene rings is 1. The first-order valence-electron chi connectivity index (χ1n) is 6.07. The fraction of sp³-hybridized carbons (Fsp3) is 0.467. The molecule has 1 aromatic rings. The summed E-state index contributed by atoms with van der Waals surface area (Å²) < 4.78 is 0. The van der Waals surface area contributed by atoms with Crippen LogP contribution in [0.2, 0.25) is 0 Å². The van der Waals surface area contributed by atoms with E-state index < -0.39 is 11.2 Å². The smallest absolute Gasteiger partial charge is 0.156 e. The van der Waals surface area contributed by atoms with E-state index in [1.807, 2.05) is 42.3 Å². The number of β-amino-alcohol motifs (C(OH)–C–C–N with tert-alkyl or cyclic N) is 1. The zero-order valence-corrected chi connectivity index (χ0v) is 10.8. The summed E-state index contributed by atoms with van der Waals surface area (Å²) in [6, 6.07) is 9.93. The van der Waals surface area contributed by atoms with Crippen molar-refractivity contribution in [1.29, 1.82) is 0 Å². The van der Waals surface area contributed by atoms with Crippen molar-refractivity contribution in [2.24, 2.45) is 0 Å². The average molecular weight is 245 g/mol. The molecule has 0 aromatic heterocycles. The van der Waals surface area contributed by atoms with Gasteiger partial charge in [-0.15, -0.1) is 6.42 Å².